The molecule has 0 saturated carbocycles. The Morgan fingerprint density at radius 2 is 2.00 bits per heavy atom. The van der Waals surface area contributed by atoms with Gasteiger partial charge in [-0.1, -0.05) is 24.3 Å². The van der Waals surface area contributed by atoms with Crippen LogP contribution in [0.25, 0.3) is 0 Å². The number of fused-ring (bicyclic) bond motifs is 1. The summed E-state index contributed by atoms with van der Waals surface area (Å²) in [5, 5.41) is 0. The first-order valence-electron chi connectivity index (χ1n) is 7.00. The van der Waals surface area contributed by atoms with Crippen molar-refractivity contribution in [3.63, 3.8) is 0 Å². The van der Waals surface area contributed by atoms with Gasteiger partial charge in [0.2, 0.25) is 0 Å². The molecule has 0 fully saturated rings. The van der Waals surface area contributed by atoms with Crippen LogP contribution in [0.15, 0.2) is 36.7 Å². The fourth-order valence-corrected chi connectivity index (χ4v) is 2.91. The van der Waals surface area contributed by atoms with Gasteiger partial charge in [0.1, 0.15) is 0 Å². The van der Waals surface area contributed by atoms with E-state index < -0.39 is 0 Å². The highest BCUT2D eigenvalue weighted by Gasteiger charge is 2.13. The fraction of sp³-hybridized carbons (Fsp3) is 0.353. The normalized spacial score (nSPS) is 15.3. The average molecular weight is 252 g/mol. The summed E-state index contributed by atoms with van der Waals surface area (Å²) in [7, 11) is 0. The lowest BCUT2D eigenvalue weighted by Crippen LogP contribution is -2.14. The predicted molar refractivity (Wildman–Crippen MR) is 78.1 cm³/mol. The average Bonchev–Trinajstić information content (AvgIpc) is 2.86. The highest BCUT2D eigenvalue weighted by Crippen LogP contribution is 2.25. The van der Waals surface area contributed by atoms with Gasteiger partial charge in [-0.3, -0.25) is 4.98 Å². The van der Waals surface area contributed by atoms with Gasteiger partial charge < -0.3 is 5.73 Å². The molecule has 1 aromatic heterocycles. The van der Waals surface area contributed by atoms with E-state index in [0.29, 0.717) is 0 Å². The van der Waals surface area contributed by atoms with Crippen LogP contribution in [0.5, 0.6) is 0 Å². The first kappa shape index (κ1) is 12.4. The Labute approximate surface area is 114 Å². The number of benzene rings is 1. The third kappa shape index (κ3) is 2.69. The number of aryl methyl sites for hydroxylation is 3. The molecule has 1 unspecified atom stereocenters. The molecule has 0 amide bonds. The summed E-state index contributed by atoms with van der Waals surface area (Å²) in [6, 6.07) is 9.01. The Balaban J connectivity index is 1.77. The zero-order chi connectivity index (χ0) is 13.2. The van der Waals surface area contributed by atoms with Crippen molar-refractivity contribution in [1.82, 2.24) is 4.98 Å². The summed E-state index contributed by atoms with van der Waals surface area (Å²) in [6.07, 6.45) is 8.40. The lowest BCUT2D eigenvalue weighted by Gasteiger charge is -2.13. The Kier molecular flexibility index (Phi) is 3.34. The minimum atomic E-state index is 0.0341. The molecule has 1 aliphatic rings. The summed E-state index contributed by atoms with van der Waals surface area (Å²) in [5.74, 6) is 0. The van der Waals surface area contributed by atoms with Gasteiger partial charge >= 0.3 is 0 Å². The largest absolute Gasteiger partial charge is 0.324 e. The van der Waals surface area contributed by atoms with Crippen molar-refractivity contribution >= 4 is 0 Å². The molecule has 0 spiro atoms. The highest BCUT2D eigenvalue weighted by atomic mass is 14.7. The molecular weight excluding hydrogens is 232 g/mol. The van der Waals surface area contributed by atoms with Crippen LogP contribution >= 0.6 is 0 Å². The third-order valence-electron chi connectivity index (χ3n) is 3.94. The highest BCUT2D eigenvalue weighted by molar-refractivity contribution is 5.36. The van der Waals surface area contributed by atoms with E-state index in [9.17, 15) is 0 Å². The molecule has 1 aliphatic carbocycles. The number of nitrogens with two attached hydrogens (primary N) is 1. The SMILES string of the molecule is Cc1cncc(C(N)Cc2ccc3c(c2)CCC3)c1. The summed E-state index contributed by atoms with van der Waals surface area (Å²) >= 11 is 0. The van der Waals surface area contributed by atoms with Gasteiger partial charge in [0.25, 0.3) is 0 Å². The molecule has 0 aliphatic heterocycles. The van der Waals surface area contributed by atoms with Crippen molar-refractivity contribution in [2.75, 3.05) is 0 Å². The summed E-state index contributed by atoms with van der Waals surface area (Å²) < 4.78 is 0. The molecule has 2 heteroatoms. The van der Waals surface area contributed by atoms with E-state index in [2.05, 4.69) is 36.2 Å². The maximum absolute atomic E-state index is 6.30. The zero-order valence-electron chi connectivity index (χ0n) is 11.4. The van der Waals surface area contributed by atoms with Crippen LogP contribution < -0.4 is 5.73 Å². The fourth-order valence-electron chi connectivity index (χ4n) is 2.91. The van der Waals surface area contributed by atoms with Crippen molar-refractivity contribution in [2.24, 2.45) is 5.73 Å². The third-order valence-corrected chi connectivity index (χ3v) is 3.94. The molecule has 98 valence electrons. The minimum Gasteiger partial charge on any atom is -0.324 e. The van der Waals surface area contributed by atoms with Crippen molar-refractivity contribution in [3.05, 3.63) is 64.5 Å². The van der Waals surface area contributed by atoms with Gasteiger partial charge in [0, 0.05) is 18.4 Å². The van der Waals surface area contributed by atoms with E-state index in [1.54, 1.807) is 0 Å². The molecule has 0 saturated heterocycles. The first-order chi connectivity index (χ1) is 9.22. The van der Waals surface area contributed by atoms with E-state index in [4.69, 9.17) is 5.73 Å². The van der Waals surface area contributed by atoms with Crippen molar-refractivity contribution in [2.45, 2.75) is 38.6 Å². The Morgan fingerprint density at radius 3 is 2.84 bits per heavy atom. The molecule has 1 heterocycles. The van der Waals surface area contributed by atoms with Crippen LogP contribution in [-0.4, -0.2) is 4.98 Å². The maximum Gasteiger partial charge on any atom is 0.0351 e. The molecule has 2 nitrogen and oxygen atoms in total. The number of pyridine rings is 1. The van der Waals surface area contributed by atoms with Gasteiger partial charge in [-0.05, 0) is 60.4 Å². The van der Waals surface area contributed by atoms with E-state index >= 15 is 0 Å². The van der Waals surface area contributed by atoms with E-state index in [-0.39, 0.29) is 6.04 Å². The lowest BCUT2D eigenvalue weighted by atomic mass is 9.97. The van der Waals surface area contributed by atoms with E-state index in [1.165, 1.54) is 41.5 Å². The summed E-state index contributed by atoms with van der Waals surface area (Å²) in [4.78, 5) is 4.22. The molecule has 1 atom stereocenters. The number of rotatable bonds is 3. The van der Waals surface area contributed by atoms with Crippen LogP contribution in [0.4, 0.5) is 0 Å². The molecule has 0 bridgehead atoms. The molecule has 2 aromatic rings. The van der Waals surface area contributed by atoms with Crippen LogP contribution in [-0.2, 0) is 19.3 Å². The van der Waals surface area contributed by atoms with Gasteiger partial charge in [0.05, 0.1) is 0 Å². The smallest absolute Gasteiger partial charge is 0.0351 e. The standard InChI is InChI=1S/C17H20N2/c1-12-7-16(11-19-10-12)17(18)9-13-5-6-14-3-2-4-15(14)8-13/h5-8,10-11,17H,2-4,9,18H2,1H3. The topological polar surface area (TPSA) is 38.9 Å². The van der Waals surface area contributed by atoms with Crippen LogP contribution in [0, 0.1) is 6.92 Å². The van der Waals surface area contributed by atoms with Gasteiger partial charge in [-0.2, -0.15) is 0 Å². The molecule has 1 aromatic carbocycles. The van der Waals surface area contributed by atoms with Crippen molar-refractivity contribution < 1.29 is 0 Å². The van der Waals surface area contributed by atoms with Gasteiger partial charge in [-0.15, -0.1) is 0 Å². The van der Waals surface area contributed by atoms with Gasteiger partial charge in [0.15, 0.2) is 0 Å². The Hall–Kier alpha value is -1.67. The maximum atomic E-state index is 6.30. The van der Waals surface area contributed by atoms with Gasteiger partial charge in [-0.25, -0.2) is 0 Å². The number of aromatic nitrogens is 1. The van der Waals surface area contributed by atoms with Crippen LogP contribution in [0.2, 0.25) is 0 Å². The molecule has 2 N–H and O–H groups in total. The van der Waals surface area contributed by atoms with Crippen LogP contribution in [0.3, 0.4) is 0 Å². The van der Waals surface area contributed by atoms with Crippen molar-refractivity contribution in [3.8, 4) is 0 Å². The predicted octanol–water partition coefficient (Wildman–Crippen LogP) is 3.12. The summed E-state index contributed by atoms with van der Waals surface area (Å²) in [6.45, 7) is 2.05. The van der Waals surface area contributed by atoms with E-state index in [1.807, 2.05) is 12.4 Å². The number of hydrogen-bond donors (Lipinski definition) is 1. The first-order valence-corrected chi connectivity index (χ1v) is 7.00. The second-order valence-electron chi connectivity index (χ2n) is 5.56. The molecular formula is C17H20N2. The Bertz CT molecular complexity index is 590. The second kappa shape index (κ2) is 5.14. The zero-order valence-corrected chi connectivity index (χ0v) is 11.4. The molecule has 19 heavy (non-hydrogen) atoms. The lowest BCUT2D eigenvalue weighted by molar-refractivity contribution is 0.716. The van der Waals surface area contributed by atoms with Crippen molar-refractivity contribution in [1.29, 1.82) is 0 Å². The van der Waals surface area contributed by atoms with E-state index in [0.717, 1.165) is 12.0 Å². The molecule has 0 radical (unpaired) electrons. The monoisotopic (exact) mass is 252 g/mol. The summed E-state index contributed by atoms with van der Waals surface area (Å²) in [5.41, 5.74) is 13.0. The molecule has 3 rings (SSSR count). The number of nitrogens with zero attached hydrogens (tertiary/aromatic N) is 1. The van der Waals surface area contributed by atoms with Crippen LogP contribution in [0.1, 0.15) is 40.3 Å². The Morgan fingerprint density at radius 1 is 1.16 bits per heavy atom. The number of hydrogen-bond acceptors (Lipinski definition) is 2. The second-order valence-corrected chi connectivity index (χ2v) is 5.56. The quantitative estimate of drug-likeness (QED) is 0.911. The minimum absolute atomic E-state index is 0.0341.